The second-order valence-electron chi connectivity index (χ2n) is 6.94. The van der Waals surface area contributed by atoms with Gasteiger partial charge in [-0.15, -0.1) is 0 Å². The lowest BCUT2D eigenvalue weighted by atomic mass is 10.1. The van der Waals surface area contributed by atoms with E-state index >= 15 is 0 Å². The molecule has 2 aromatic carbocycles. The van der Waals surface area contributed by atoms with Crippen LogP contribution in [-0.4, -0.2) is 50.0 Å². The molecule has 28 heavy (non-hydrogen) atoms. The third-order valence-corrected chi connectivity index (χ3v) is 4.32. The van der Waals surface area contributed by atoms with Crippen molar-refractivity contribution in [3.63, 3.8) is 0 Å². The Morgan fingerprint density at radius 1 is 1.00 bits per heavy atom. The number of hydrogen-bond acceptors (Lipinski definition) is 4. The van der Waals surface area contributed by atoms with Crippen LogP contribution in [0, 0.1) is 0 Å². The minimum atomic E-state index is -0.169. The van der Waals surface area contributed by atoms with Gasteiger partial charge in [-0.05, 0) is 56.6 Å². The van der Waals surface area contributed by atoms with Crippen molar-refractivity contribution in [3.05, 3.63) is 60.2 Å². The molecule has 150 valence electrons. The van der Waals surface area contributed by atoms with Gasteiger partial charge in [0.15, 0.2) is 0 Å². The quantitative estimate of drug-likeness (QED) is 0.662. The third-order valence-electron chi connectivity index (χ3n) is 4.32. The van der Waals surface area contributed by atoms with Crippen molar-refractivity contribution in [2.75, 3.05) is 32.6 Å². The van der Waals surface area contributed by atoms with E-state index in [1.54, 1.807) is 43.3 Å². The molecule has 6 nitrogen and oxygen atoms in total. The summed E-state index contributed by atoms with van der Waals surface area (Å²) in [4.78, 5) is 26.0. The number of carbonyl (C=O) groups is 2. The van der Waals surface area contributed by atoms with E-state index in [9.17, 15) is 9.59 Å². The molecule has 0 aliphatic heterocycles. The van der Waals surface area contributed by atoms with Crippen LogP contribution in [0.5, 0.6) is 5.75 Å². The van der Waals surface area contributed by atoms with Gasteiger partial charge in [0, 0.05) is 11.7 Å². The van der Waals surface area contributed by atoms with Crippen LogP contribution in [-0.2, 0) is 16.0 Å². The molecule has 2 amide bonds. The van der Waals surface area contributed by atoms with Gasteiger partial charge in [-0.3, -0.25) is 14.5 Å². The Bertz CT molecular complexity index is 747. The number of amides is 2. The summed E-state index contributed by atoms with van der Waals surface area (Å²) in [6.45, 7) is 2.31. The average molecular weight is 383 g/mol. The van der Waals surface area contributed by atoms with Crippen LogP contribution in [0.3, 0.4) is 0 Å². The Morgan fingerprint density at radius 2 is 1.64 bits per heavy atom. The fourth-order valence-electron chi connectivity index (χ4n) is 2.84. The number of nitrogens with zero attached hydrogens (tertiary/aromatic N) is 1. The highest BCUT2D eigenvalue weighted by molar-refractivity contribution is 5.92. The Hall–Kier alpha value is -2.86. The molecule has 0 saturated heterocycles. The molecule has 2 rings (SSSR count). The Balaban J connectivity index is 1.68. The number of hydrogen-bond donors (Lipinski definition) is 2. The van der Waals surface area contributed by atoms with Crippen molar-refractivity contribution in [2.45, 2.75) is 25.8 Å². The van der Waals surface area contributed by atoms with Crippen molar-refractivity contribution < 1.29 is 14.3 Å². The van der Waals surface area contributed by atoms with Crippen LogP contribution in [0.2, 0.25) is 0 Å². The van der Waals surface area contributed by atoms with Gasteiger partial charge in [0.1, 0.15) is 5.75 Å². The van der Waals surface area contributed by atoms with Crippen LogP contribution < -0.4 is 15.4 Å². The van der Waals surface area contributed by atoms with Crippen LogP contribution >= 0.6 is 0 Å². The Labute approximate surface area is 166 Å². The summed E-state index contributed by atoms with van der Waals surface area (Å²) in [6, 6.07) is 17.4. The number of ether oxygens (including phenoxy) is 1. The van der Waals surface area contributed by atoms with Gasteiger partial charge < -0.3 is 15.4 Å². The molecule has 0 spiro atoms. The van der Waals surface area contributed by atoms with Gasteiger partial charge in [-0.1, -0.05) is 30.3 Å². The number of likely N-dealkylation sites (N-methyl/N-ethyl adjacent to an activating group) is 1. The maximum atomic E-state index is 12.2. The number of nitrogens with one attached hydrogen (secondary N) is 2. The molecule has 0 saturated carbocycles. The van der Waals surface area contributed by atoms with E-state index in [0.717, 1.165) is 18.6 Å². The molecule has 2 N–H and O–H groups in total. The van der Waals surface area contributed by atoms with Gasteiger partial charge in [0.05, 0.1) is 20.2 Å². The van der Waals surface area contributed by atoms with Crippen molar-refractivity contribution >= 4 is 17.5 Å². The van der Waals surface area contributed by atoms with Gasteiger partial charge in [-0.2, -0.15) is 0 Å². The number of benzene rings is 2. The van der Waals surface area contributed by atoms with Crippen molar-refractivity contribution in [1.82, 2.24) is 10.2 Å². The summed E-state index contributed by atoms with van der Waals surface area (Å²) in [7, 11) is 3.35. The molecule has 6 heteroatoms. The smallest absolute Gasteiger partial charge is 0.238 e. The molecule has 0 heterocycles. The predicted molar refractivity (Wildman–Crippen MR) is 111 cm³/mol. The molecule has 0 unspecified atom stereocenters. The van der Waals surface area contributed by atoms with E-state index in [2.05, 4.69) is 22.8 Å². The molecule has 0 aromatic heterocycles. The van der Waals surface area contributed by atoms with Crippen molar-refractivity contribution in [3.8, 4) is 5.75 Å². The maximum absolute atomic E-state index is 12.2. The summed E-state index contributed by atoms with van der Waals surface area (Å²) >= 11 is 0. The Morgan fingerprint density at radius 3 is 2.29 bits per heavy atom. The predicted octanol–water partition coefficient (Wildman–Crippen LogP) is 2.70. The van der Waals surface area contributed by atoms with E-state index < -0.39 is 0 Å². The van der Waals surface area contributed by atoms with Crippen LogP contribution in [0.15, 0.2) is 54.6 Å². The van der Waals surface area contributed by atoms with E-state index in [4.69, 9.17) is 4.74 Å². The normalized spacial score (nSPS) is 11.7. The number of rotatable bonds is 10. The molecule has 0 aliphatic carbocycles. The summed E-state index contributed by atoms with van der Waals surface area (Å²) in [6.07, 6.45) is 1.79. The van der Waals surface area contributed by atoms with Crippen molar-refractivity contribution in [2.24, 2.45) is 0 Å². The second-order valence-corrected chi connectivity index (χ2v) is 6.94. The molecule has 0 radical (unpaired) electrons. The SMILES string of the molecule is COc1ccc(NC(=O)CN(C)CC(=O)N[C@@H](C)CCc2ccccc2)cc1. The zero-order chi connectivity index (χ0) is 20.4. The standard InChI is InChI=1S/C22H29N3O3/c1-17(9-10-18-7-5-4-6-8-18)23-21(26)15-25(2)16-22(27)24-19-11-13-20(28-3)14-12-19/h4-8,11-14,17H,9-10,15-16H2,1-3H3,(H,23,26)(H,24,27)/t17-/m0/s1. The fourth-order valence-corrected chi connectivity index (χ4v) is 2.84. The van der Waals surface area contributed by atoms with Crippen LogP contribution in [0.1, 0.15) is 18.9 Å². The first kappa shape index (κ1) is 21.4. The maximum Gasteiger partial charge on any atom is 0.238 e. The fraction of sp³-hybridized carbons (Fsp3) is 0.364. The lowest BCUT2D eigenvalue weighted by Gasteiger charge is -2.19. The first-order chi connectivity index (χ1) is 13.5. The van der Waals surface area contributed by atoms with Gasteiger partial charge >= 0.3 is 0 Å². The zero-order valence-electron chi connectivity index (χ0n) is 16.8. The molecule has 0 aliphatic rings. The molecule has 1 atom stereocenters. The number of carbonyl (C=O) groups excluding carboxylic acids is 2. The summed E-state index contributed by atoms with van der Waals surface area (Å²) < 4.78 is 5.09. The molecule has 0 fully saturated rings. The van der Waals surface area contributed by atoms with E-state index in [1.165, 1.54) is 5.56 Å². The van der Waals surface area contributed by atoms with E-state index in [1.807, 2.05) is 25.1 Å². The van der Waals surface area contributed by atoms with E-state index in [0.29, 0.717) is 5.69 Å². The molecular formula is C22H29N3O3. The molecule has 0 bridgehead atoms. The topological polar surface area (TPSA) is 70.7 Å². The third kappa shape index (κ3) is 7.80. The second kappa shape index (κ2) is 11.1. The summed E-state index contributed by atoms with van der Waals surface area (Å²) in [5, 5.41) is 5.80. The highest BCUT2D eigenvalue weighted by atomic mass is 16.5. The molecular weight excluding hydrogens is 354 g/mol. The largest absolute Gasteiger partial charge is 0.497 e. The monoisotopic (exact) mass is 383 g/mol. The Kier molecular flexibility index (Phi) is 8.49. The van der Waals surface area contributed by atoms with Crippen LogP contribution in [0.25, 0.3) is 0 Å². The minimum Gasteiger partial charge on any atom is -0.497 e. The van der Waals surface area contributed by atoms with Gasteiger partial charge in [0.25, 0.3) is 0 Å². The minimum absolute atomic E-state index is 0.0780. The highest BCUT2D eigenvalue weighted by Crippen LogP contribution is 2.14. The number of anilines is 1. The summed E-state index contributed by atoms with van der Waals surface area (Å²) in [5.74, 6) is 0.478. The van der Waals surface area contributed by atoms with E-state index in [-0.39, 0.29) is 30.9 Å². The summed E-state index contributed by atoms with van der Waals surface area (Å²) in [5.41, 5.74) is 1.95. The van der Waals surface area contributed by atoms with Crippen LogP contribution in [0.4, 0.5) is 5.69 Å². The van der Waals surface area contributed by atoms with Crippen molar-refractivity contribution in [1.29, 1.82) is 0 Å². The average Bonchev–Trinajstić information content (AvgIpc) is 2.67. The first-order valence-electron chi connectivity index (χ1n) is 9.42. The lowest BCUT2D eigenvalue weighted by Crippen LogP contribution is -2.42. The van der Waals surface area contributed by atoms with Gasteiger partial charge in [0.2, 0.25) is 11.8 Å². The molecule has 2 aromatic rings. The number of aryl methyl sites for hydroxylation is 1. The van der Waals surface area contributed by atoms with Gasteiger partial charge in [-0.25, -0.2) is 0 Å². The lowest BCUT2D eigenvalue weighted by molar-refractivity contribution is -0.123. The first-order valence-corrected chi connectivity index (χ1v) is 9.42. The zero-order valence-corrected chi connectivity index (χ0v) is 16.8. The number of methoxy groups -OCH3 is 1. The highest BCUT2D eigenvalue weighted by Gasteiger charge is 2.13.